The van der Waals surface area contributed by atoms with E-state index in [1.165, 1.54) is 0 Å². The second kappa shape index (κ2) is 11.7. The number of unbranched alkanes of at least 4 members (excludes halogenated alkanes) is 1. The lowest BCUT2D eigenvalue weighted by Gasteiger charge is -2.23. The summed E-state index contributed by atoms with van der Waals surface area (Å²) < 4.78 is 5.74. The third-order valence-electron chi connectivity index (χ3n) is 3.46. The minimum atomic E-state index is -0.106. The molecule has 0 atom stereocenters. The molecule has 0 radical (unpaired) electrons. The van der Waals surface area contributed by atoms with Crippen LogP contribution >= 0.6 is 0 Å². The number of benzene rings is 1. The van der Waals surface area contributed by atoms with Gasteiger partial charge in [-0.2, -0.15) is 0 Å². The number of nitrogens with zero attached hydrogens (tertiary/aromatic N) is 1. The number of nitrogens with one attached hydrogen (secondary N) is 1. The Balaban J connectivity index is 2.85. The molecule has 1 aromatic rings. The zero-order chi connectivity index (χ0) is 18.5. The van der Waals surface area contributed by atoms with Crippen LogP contribution in [-0.2, 0) is 16.1 Å². The first-order chi connectivity index (χ1) is 12.1. The topological polar surface area (TPSA) is 58.6 Å². The average molecular weight is 342 g/mol. The van der Waals surface area contributed by atoms with Crippen LogP contribution in [0.1, 0.15) is 25.3 Å². The Morgan fingerprint density at radius 2 is 2.16 bits per heavy atom. The van der Waals surface area contributed by atoms with Gasteiger partial charge in [0.05, 0.1) is 6.54 Å². The first-order valence-corrected chi connectivity index (χ1v) is 8.31. The lowest BCUT2D eigenvalue weighted by molar-refractivity contribution is -0.132. The van der Waals surface area contributed by atoms with Gasteiger partial charge in [-0.3, -0.25) is 9.59 Å². The number of amides is 2. The van der Waals surface area contributed by atoms with Gasteiger partial charge < -0.3 is 15.0 Å². The molecule has 0 spiro atoms. The van der Waals surface area contributed by atoms with E-state index in [0.29, 0.717) is 31.0 Å². The fraction of sp³-hybridized carbons (Fsp3) is 0.300. The Kier molecular flexibility index (Phi) is 9.45. The minimum Gasteiger partial charge on any atom is -0.457 e. The molecule has 5 nitrogen and oxygen atoms in total. The van der Waals surface area contributed by atoms with E-state index in [1.807, 2.05) is 24.3 Å². The van der Waals surface area contributed by atoms with Crippen molar-refractivity contribution in [3.05, 3.63) is 67.0 Å². The molecule has 0 heterocycles. The molecule has 1 aromatic carbocycles. The van der Waals surface area contributed by atoms with Crippen molar-refractivity contribution in [3.8, 4) is 5.75 Å². The van der Waals surface area contributed by atoms with Crippen molar-refractivity contribution in [2.45, 2.75) is 26.3 Å². The van der Waals surface area contributed by atoms with Crippen LogP contribution in [0.25, 0.3) is 0 Å². The molecular weight excluding hydrogens is 316 g/mol. The molecule has 0 aliphatic heterocycles. The maximum absolute atomic E-state index is 12.2. The van der Waals surface area contributed by atoms with Crippen LogP contribution in [0.3, 0.4) is 0 Å². The summed E-state index contributed by atoms with van der Waals surface area (Å²) in [4.78, 5) is 24.4. The molecule has 0 aromatic heterocycles. The van der Waals surface area contributed by atoms with Gasteiger partial charge in [0.25, 0.3) is 0 Å². The first kappa shape index (κ1) is 20.2. The third-order valence-corrected chi connectivity index (χ3v) is 3.46. The summed E-state index contributed by atoms with van der Waals surface area (Å²) in [6, 6.07) is 7.55. The zero-order valence-electron chi connectivity index (χ0n) is 14.7. The quantitative estimate of drug-likeness (QED) is 0.360. The van der Waals surface area contributed by atoms with Crippen LogP contribution in [0.4, 0.5) is 0 Å². The van der Waals surface area contributed by atoms with E-state index in [9.17, 15) is 9.59 Å². The molecule has 2 amide bonds. The fourth-order valence-corrected chi connectivity index (χ4v) is 2.21. The standard InChI is InChI=1S/C20H26N2O3/c1-4-7-12-22(20(24)14-21-16-23)15-17-10-8-11-19(13-17)25-18(6-3)9-5-2/h5-6,8-11,13,16H,2-4,7,12,14-15H2,1H3,(H,21,23)/b18-9+. The molecular formula is C20H26N2O3. The van der Waals surface area contributed by atoms with Crippen LogP contribution in [0, 0.1) is 0 Å². The lowest BCUT2D eigenvalue weighted by Crippen LogP contribution is -2.38. The number of carbonyl (C=O) groups excluding carboxylic acids is 2. The first-order valence-electron chi connectivity index (χ1n) is 8.31. The van der Waals surface area contributed by atoms with Crippen LogP contribution in [0.15, 0.2) is 61.4 Å². The molecule has 0 fully saturated rings. The normalized spacial score (nSPS) is 10.7. The number of carbonyl (C=O) groups is 2. The van der Waals surface area contributed by atoms with Gasteiger partial charge in [0.2, 0.25) is 12.3 Å². The molecule has 1 rings (SSSR count). The zero-order valence-corrected chi connectivity index (χ0v) is 14.7. The maximum Gasteiger partial charge on any atom is 0.242 e. The van der Waals surface area contributed by atoms with Crippen LogP contribution in [0.5, 0.6) is 5.75 Å². The molecule has 0 saturated heterocycles. The Hall–Kier alpha value is -2.82. The number of rotatable bonds is 12. The smallest absolute Gasteiger partial charge is 0.242 e. The Morgan fingerprint density at radius 3 is 2.80 bits per heavy atom. The molecule has 1 N–H and O–H groups in total. The van der Waals surface area contributed by atoms with Crippen LogP contribution < -0.4 is 10.1 Å². The summed E-state index contributed by atoms with van der Waals surface area (Å²) in [6.07, 6.45) is 7.40. The summed E-state index contributed by atoms with van der Waals surface area (Å²) in [5, 5.41) is 2.43. The number of ether oxygens (including phenoxy) is 1. The van der Waals surface area contributed by atoms with Gasteiger partial charge in [-0.05, 0) is 36.3 Å². The van der Waals surface area contributed by atoms with Gasteiger partial charge in [0.1, 0.15) is 11.5 Å². The van der Waals surface area contributed by atoms with Crippen molar-refractivity contribution in [2.24, 2.45) is 0 Å². The van der Waals surface area contributed by atoms with E-state index in [-0.39, 0.29) is 12.5 Å². The highest BCUT2D eigenvalue weighted by atomic mass is 16.5. The molecule has 5 heteroatoms. The maximum atomic E-state index is 12.2. The third kappa shape index (κ3) is 7.52. The van der Waals surface area contributed by atoms with Gasteiger partial charge in [-0.25, -0.2) is 0 Å². The predicted molar refractivity (Wildman–Crippen MR) is 99.9 cm³/mol. The molecule has 0 aliphatic carbocycles. The molecule has 25 heavy (non-hydrogen) atoms. The summed E-state index contributed by atoms with van der Waals surface area (Å²) >= 11 is 0. The van der Waals surface area contributed by atoms with Gasteiger partial charge in [0.15, 0.2) is 0 Å². The van der Waals surface area contributed by atoms with E-state index in [1.54, 1.807) is 23.1 Å². The van der Waals surface area contributed by atoms with Crippen molar-refractivity contribution < 1.29 is 14.3 Å². The van der Waals surface area contributed by atoms with Gasteiger partial charge in [0, 0.05) is 13.1 Å². The van der Waals surface area contributed by atoms with Crippen LogP contribution in [-0.4, -0.2) is 30.3 Å². The average Bonchev–Trinajstić information content (AvgIpc) is 2.63. The van der Waals surface area contributed by atoms with Gasteiger partial charge in [-0.1, -0.05) is 44.7 Å². The van der Waals surface area contributed by atoms with E-state index in [2.05, 4.69) is 25.4 Å². The van der Waals surface area contributed by atoms with Crippen LogP contribution in [0.2, 0.25) is 0 Å². The van der Waals surface area contributed by atoms with Crippen molar-refractivity contribution in [3.63, 3.8) is 0 Å². The van der Waals surface area contributed by atoms with Gasteiger partial charge in [-0.15, -0.1) is 0 Å². The lowest BCUT2D eigenvalue weighted by atomic mass is 10.2. The van der Waals surface area contributed by atoms with Crippen molar-refractivity contribution in [1.82, 2.24) is 10.2 Å². The molecule has 0 saturated carbocycles. The largest absolute Gasteiger partial charge is 0.457 e. The highest BCUT2D eigenvalue weighted by Gasteiger charge is 2.13. The SMILES string of the molecule is C=C/C=C(\C=C)Oc1cccc(CN(CCCC)C(=O)CNC=O)c1. The van der Waals surface area contributed by atoms with E-state index in [0.717, 1.165) is 18.4 Å². The minimum absolute atomic E-state index is 0.00604. The second-order valence-corrected chi connectivity index (χ2v) is 5.43. The monoisotopic (exact) mass is 342 g/mol. The van der Waals surface area contributed by atoms with Crippen molar-refractivity contribution in [1.29, 1.82) is 0 Å². The number of hydrogen-bond donors (Lipinski definition) is 1. The fourth-order valence-electron chi connectivity index (χ4n) is 2.21. The number of hydrogen-bond acceptors (Lipinski definition) is 3. The van der Waals surface area contributed by atoms with Crippen molar-refractivity contribution >= 4 is 12.3 Å². The second-order valence-electron chi connectivity index (χ2n) is 5.43. The predicted octanol–water partition coefficient (Wildman–Crippen LogP) is 3.20. The Bertz CT molecular complexity index is 623. The van der Waals surface area contributed by atoms with E-state index in [4.69, 9.17) is 4.74 Å². The molecule has 0 aliphatic rings. The summed E-state index contributed by atoms with van der Waals surface area (Å²) in [6.45, 7) is 10.5. The molecule has 0 bridgehead atoms. The highest BCUT2D eigenvalue weighted by Crippen LogP contribution is 2.18. The Morgan fingerprint density at radius 1 is 1.36 bits per heavy atom. The Labute approximate surface area is 149 Å². The summed E-state index contributed by atoms with van der Waals surface area (Å²) in [5.74, 6) is 1.16. The van der Waals surface area contributed by atoms with Crippen molar-refractivity contribution in [2.75, 3.05) is 13.1 Å². The highest BCUT2D eigenvalue weighted by molar-refractivity contribution is 5.80. The number of allylic oxidation sites excluding steroid dienone is 3. The summed E-state index contributed by atoms with van der Waals surface area (Å²) in [5.41, 5.74) is 0.954. The molecule has 0 unspecified atom stereocenters. The van der Waals surface area contributed by atoms with E-state index < -0.39 is 0 Å². The summed E-state index contributed by atoms with van der Waals surface area (Å²) in [7, 11) is 0. The van der Waals surface area contributed by atoms with E-state index >= 15 is 0 Å². The van der Waals surface area contributed by atoms with Gasteiger partial charge >= 0.3 is 0 Å². The molecule has 134 valence electrons.